The third kappa shape index (κ3) is 15.8. The van der Waals surface area contributed by atoms with Crippen LogP contribution in [-0.4, -0.2) is 145 Å². The molecule has 1 saturated carbocycles. The summed E-state index contributed by atoms with van der Waals surface area (Å²) in [6, 6.07) is -1.14. The molecule has 73 heavy (non-hydrogen) atoms. The van der Waals surface area contributed by atoms with Crippen molar-refractivity contribution in [3.63, 3.8) is 0 Å². The van der Waals surface area contributed by atoms with Crippen LogP contribution in [0.1, 0.15) is 153 Å². The molecule has 0 radical (unpaired) electrons. The number of esters is 1. The highest BCUT2D eigenvalue weighted by Gasteiger charge is 2.53. The van der Waals surface area contributed by atoms with Crippen LogP contribution >= 0.6 is 0 Å². The van der Waals surface area contributed by atoms with Gasteiger partial charge in [0.1, 0.15) is 30.1 Å². The molecule has 4 fully saturated rings. The standard InChI is InChI=1S/C58H91NO14/c1-34-19-15-14-16-20-35(2)47(67-11)31-43-24-22-40(7)58(66,73-43)54(63)55(64)59-26-18-17-21-44(59)56(65)71-48(32-45(60)36(3)28-39(6)52(62)53(69-13)51(61)38(5)27-34)37(4)29-42-23-25-46(49(30-42)68-12)70-50-33-57(9,10)72-41(50)8/h14-16,19-20,28,34,36-38,40-44,46-50,52-53,62,66H,17-18,21-27,29-33H2,1-13H3/b16-14+,19-15+,35-20+,39-28+/t34-,36-,37+,38-,40-,41?,42?,43+,44+,46?,47+,48+,49?,50?,52?,53+,58-/m1/s1. The van der Waals surface area contributed by atoms with Gasteiger partial charge in [-0.2, -0.15) is 0 Å². The number of aliphatic hydroxyl groups excluding tert-OH is 1. The molecule has 0 spiro atoms. The van der Waals surface area contributed by atoms with Crippen molar-refractivity contribution in [2.24, 2.45) is 35.5 Å². The Morgan fingerprint density at radius 1 is 0.808 bits per heavy atom. The monoisotopic (exact) mass is 1030 g/mol. The number of hydrogen-bond acceptors (Lipinski definition) is 14. The maximum atomic E-state index is 14.6. The number of ketones is 3. The molecule has 412 valence electrons. The smallest absolute Gasteiger partial charge is 0.329 e. The number of carbonyl (C=O) groups excluding carboxylic acids is 5. The minimum Gasteiger partial charge on any atom is -0.460 e. The molecule has 6 unspecified atom stereocenters. The molecule has 0 aromatic rings. The number of cyclic esters (lactones) is 1. The van der Waals surface area contributed by atoms with Gasteiger partial charge in [-0.3, -0.25) is 19.2 Å². The first-order valence-corrected chi connectivity index (χ1v) is 27.2. The van der Waals surface area contributed by atoms with E-state index in [1.54, 1.807) is 41.1 Å². The zero-order chi connectivity index (χ0) is 53.9. The normalized spacial score (nSPS) is 41.2. The van der Waals surface area contributed by atoms with Crippen LogP contribution in [0.15, 0.2) is 47.6 Å². The van der Waals surface area contributed by atoms with Crippen molar-refractivity contribution in [2.45, 2.75) is 225 Å². The Morgan fingerprint density at radius 3 is 2.19 bits per heavy atom. The molecular formula is C58H91NO14. The Balaban J connectivity index is 1.44. The van der Waals surface area contributed by atoms with Crippen LogP contribution in [0.25, 0.3) is 0 Å². The fourth-order valence-electron chi connectivity index (χ4n) is 11.9. The first kappa shape index (κ1) is 60.5. The fourth-order valence-corrected chi connectivity index (χ4v) is 11.9. The van der Waals surface area contributed by atoms with Gasteiger partial charge in [-0.1, -0.05) is 71.1 Å². The summed E-state index contributed by atoms with van der Waals surface area (Å²) >= 11 is 0. The lowest BCUT2D eigenvalue weighted by molar-refractivity contribution is -0.265. The average molecular weight is 1030 g/mol. The fraction of sp³-hybridized carbons (Fsp3) is 0.776. The first-order valence-electron chi connectivity index (χ1n) is 27.2. The Bertz CT molecular complexity index is 2010. The van der Waals surface area contributed by atoms with Crippen LogP contribution in [-0.2, 0) is 57.1 Å². The number of methoxy groups -OCH3 is 3. The topological polar surface area (TPSA) is 194 Å². The molecule has 1 amide bonds. The number of aliphatic hydroxyl groups is 2. The lowest BCUT2D eigenvalue weighted by atomic mass is 9.78. The zero-order valence-electron chi connectivity index (χ0n) is 46.3. The van der Waals surface area contributed by atoms with Crippen molar-refractivity contribution >= 4 is 29.2 Å². The van der Waals surface area contributed by atoms with E-state index in [1.807, 2.05) is 65.0 Å². The highest BCUT2D eigenvalue weighted by Crippen LogP contribution is 2.40. The van der Waals surface area contributed by atoms with Crippen LogP contribution in [0.5, 0.6) is 0 Å². The van der Waals surface area contributed by atoms with Crippen LogP contribution in [0.4, 0.5) is 0 Å². The molecule has 3 saturated heterocycles. The van der Waals surface area contributed by atoms with E-state index >= 15 is 0 Å². The van der Waals surface area contributed by atoms with Gasteiger partial charge in [0, 0.05) is 64.9 Å². The number of piperidine rings is 1. The van der Waals surface area contributed by atoms with E-state index in [0.29, 0.717) is 56.9 Å². The first-order chi connectivity index (χ1) is 34.4. The quantitative estimate of drug-likeness (QED) is 0.134. The number of fused-ring (bicyclic) bond motifs is 3. The maximum Gasteiger partial charge on any atom is 0.329 e. The molecule has 1 aliphatic carbocycles. The van der Waals surface area contributed by atoms with E-state index in [1.165, 1.54) is 12.0 Å². The summed E-state index contributed by atoms with van der Waals surface area (Å²) in [6.07, 6.45) is 13.1. The molecular weight excluding hydrogens is 935 g/mol. The average Bonchev–Trinajstić information content (AvgIpc) is 3.62. The third-order valence-corrected chi connectivity index (χ3v) is 16.5. The predicted octanol–water partition coefficient (Wildman–Crippen LogP) is 8.16. The number of rotatable bonds is 8. The molecule has 15 heteroatoms. The number of Topliss-reactive ketones (excluding diaryl/α,β-unsaturated/α-hetero) is 3. The second kappa shape index (κ2) is 27.1. The van der Waals surface area contributed by atoms with Crippen molar-refractivity contribution in [3.8, 4) is 0 Å². The van der Waals surface area contributed by atoms with Gasteiger partial charge in [-0.15, -0.1) is 0 Å². The lowest BCUT2D eigenvalue weighted by Crippen LogP contribution is -2.61. The minimum atomic E-state index is -2.43. The summed E-state index contributed by atoms with van der Waals surface area (Å²) in [7, 11) is 4.67. The molecule has 2 bridgehead atoms. The SMILES string of the molecule is COC1CC(C[C@H](C)[C@@H]2CC(=O)[C@H](C)/C=C(\C)C(O)[C@@H](OC)C(=O)[C@H](C)C[C@H](C)/C=C/C=C/C=C(\C)[C@@H](OC)C[C@@H]3CC[C@@H](C)[C@@](O)(O3)C(=O)C(=O)N3CCCC[C@H]3C(=O)O2)CCC1OC1CC(C)(C)OC1C. The van der Waals surface area contributed by atoms with Gasteiger partial charge in [0.05, 0.1) is 42.2 Å². The summed E-state index contributed by atoms with van der Waals surface area (Å²) in [5.74, 6) is -7.86. The molecule has 2 N–H and O–H groups in total. The van der Waals surface area contributed by atoms with E-state index in [2.05, 4.69) is 13.8 Å². The Kier molecular flexibility index (Phi) is 22.4. The summed E-state index contributed by atoms with van der Waals surface area (Å²) in [5, 5.41) is 23.6. The second-order valence-electron chi connectivity index (χ2n) is 23.0. The number of ether oxygens (including phenoxy) is 7. The summed E-state index contributed by atoms with van der Waals surface area (Å²) < 4.78 is 42.9. The highest BCUT2D eigenvalue weighted by atomic mass is 16.6. The van der Waals surface area contributed by atoms with E-state index < -0.39 is 77.8 Å². The Morgan fingerprint density at radius 2 is 1.53 bits per heavy atom. The van der Waals surface area contributed by atoms with E-state index in [0.717, 1.165) is 24.8 Å². The molecule has 0 aromatic heterocycles. The van der Waals surface area contributed by atoms with Gasteiger partial charge >= 0.3 is 5.97 Å². The van der Waals surface area contributed by atoms with Crippen molar-refractivity contribution in [1.29, 1.82) is 0 Å². The van der Waals surface area contributed by atoms with Crippen molar-refractivity contribution in [3.05, 3.63) is 47.6 Å². The number of allylic oxidation sites excluding steroid dienone is 6. The molecule has 0 aromatic carbocycles. The van der Waals surface area contributed by atoms with Gasteiger partial charge in [0.2, 0.25) is 5.79 Å². The zero-order valence-corrected chi connectivity index (χ0v) is 46.3. The number of hydrogen-bond donors (Lipinski definition) is 2. The van der Waals surface area contributed by atoms with Gasteiger partial charge < -0.3 is 48.3 Å². The minimum absolute atomic E-state index is 0.0177. The Labute approximate surface area is 436 Å². The van der Waals surface area contributed by atoms with Crippen LogP contribution in [0, 0.1) is 35.5 Å². The number of amides is 1. The van der Waals surface area contributed by atoms with Crippen LogP contribution in [0.3, 0.4) is 0 Å². The van der Waals surface area contributed by atoms with Crippen LogP contribution < -0.4 is 0 Å². The predicted molar refractivity (Wildman–Crippen MR) is 277 cm³/mol. The molecule has 4 heterocycles. The van der Waals surface area contributed by atoms with Gasteiger partial charge in [-0.25, -0.2) is 4.79 Å². The second-order valence-corrected chi connectivity index (χ2v) is 23.0. The van der Waals surface area contributed by atoms with E-state index in [-0.39, 0.29) is 78.7 Å². The summed E-state index contributed by atoms with van der Waals surface area (Å²) in [6.45, 7) is 19.1. The summed E-state index contributed by atoms with van der Waals surface area (Å²) in [5.41, 5.74) is 1.01. The molecule has 17 atom stereocenters. The van der Waals surface area contributed by atoms with E-state index in [4.69, 9.17) is 33.2 Å². The third-order valence-electron chi connectivity index (χ3n) is 16.5. The number of nitrogens with zero attached hydrogens (tertiary/aromatic N) is 1. The molecule has 5 aliphatic rings. The van der Waals surface area contributed by atoms with Gasteiger partial charge in [0.15, 0.2) is 5.78 Å². The van der Waals surface area contributed by atoms with Crippen molar-refractivity contribution < 1.29 is 67.3 Å². The maximum absolute atomic E-state index is 14.6. The van der Waals surface area contributed by atoms with Crippen LogP contribution in [0.2, 0.25) is 0 Å². The molecule has 5 rings (SSSR count). The molecule has 15 nitrogen and oxygen atoms in total. The van der Waals surface area contributed by atoms with Gasteiger partial charge in [-0.05, 0) is 128 Å². The van der Waals surface area contributed by atoms with Crippen molar-refractivity contribution in [2.75, 3.05) is 27.9 Å². The largest absolute Gasteiger partial charge is 0.460 e. The molecule has 4 aliphatic heterocycles. The number of carbonyl (C=O) groups is 5. The highest BCUT2D eigenvalue weighted by molar-refractivity contribution is 6.39. The Hall–Kier alpha value is -3.41. The summed E-state index contributed by atoms with van der Waals surface area (Å²) in [4.78, 5) is 72.7. The van der Waals surface area contributed by atoms with E-state index in [9.17, 15) is 34.2 Å². The van der Waals surface area contributed by atoms with Crippen molar-refractivity contribution in [1.82, 2.24) is 4.90 Å². The lowest BCUT2D eigenvalue weighted by Gasteiger charge is -2.42. The van der Waals surface area contributed by atoms with Gasteiger partial charge in [0.25, 0.3) is 11.7 Å².